The number of hydrogen-bond acceptors (Lipinski definition) is 5. The van der Waals surface area contributed by atoms with Crippen molar-refractivity contribution >= 4 is 11.9 Å². The van der Waals surface area contributed by atoms with Gasteiger partial charge in [0.15, 0.2) is 6.61 Å². The van der Waals surface area contributed by atoms with Gasteiger partial charge < -0.3 is 14.2 Å². The number of ether oxygens (including phenoxy) is 3. The Hall–Kier alpha value is -2.82. The lowest BCUT2D eigenvalue weighted by Gasteiger charge is -2.19. The Bertz CT molecular complexity index is 741. The molecule has 25 heavy (non-hydrogen) atoms. The van der Waals surface area contributed by atoms with Gasteiger partial charge in [0, 0.05) is 0 Å². The Balaban J connectivity index is 2.12. The lowest BCUT2D eigenvalue weighted by Crippen LogP contribution is -2.23. The second kappa shape index (κ2) is 7.83. The Kier molecular flexibility index (Phi) is 5.80. The van der Waals surface area contributed by atoms with E-state index < -0.39 is 11.6 Å². The molecule has 0 N–H and O–H groups in total. The first kappa shape index (κ1) is 18.5. The van der Waals surface area contributed by atoms with Gasteiger partial charge in [0.1, 0.15) is 11.4 Å². The fourth-order valence-electron chi connectivity index (χ4n) is 2.11. The van der Waals surface area contributed by atoms with Gasteiger partial charge in [-0.1, -0.05) is 24.3 Å². The van der Waals surface area contributed by atoms with Crippen molar-refractivity contribution in [3.8, 4) is 16.9 Å². The first-order valence-corrected chi connectivity index (χ1v) is 7.92. The predicted octanol–water partition coefficient (Wildman–Crippen LogP) is 3.86. The highest BCUT2D eigenvalue weighted by Crippen LogP contribution is 2.24. The molecule has 132 valence electrons. The van der Waals surface area contributed by atoms with Crippen LogP contribution >= 0.6 is 0 Å². The molecule has 5 heteroatoms. The van der Waals surface area contributed by atoms with Gasteiger partial charge in [0.25, 0.3) is 0 Å². The van der Waals surface area contributed by atoms with Crippen LogP contribution in [0.25, 0.3) is 11.1 Å². The van der Waals surface area contributed by atoms with Crippen molar-refractivity contribution in [1.82, 2.24) is 0 Å². The minimum atomic E-state index is -0.536. The van der Waals surface area contributed by atoms with Crippen LogP contribution in [0.15, 0.2) is 48.5 Å². The van der Waals surface area contributed by atoms with Crippen LogP contribution in [-0.4, -0.2) is 31.3 Å². The first-order valence-electron chi connectivity index (χ1n) is 7.92. The molecule has 0 aliphatic carbocycles. The molecule has 0 spiro atoms. The second-order valence-electron chi connectivity index (χ2n) is 6.47. The number of hydrogen-bond donors (Lipinski definition) is 0. The third kappa shape index (κ3) is 5.64. The summed E-state index contributed by atoms with van der Waals surface area (Å²) in [6.07, 6.45) is 0. The lowest BCUT2D eigenvalue weighted by molar-refractivity contribution is -0.142. The number of carbonyl (C=O) groups is 2. The molecule has 0 radical (unpaired) electrons. The number of rotatable bonds is 5. The quantitative estimate of drug-likeness (QED) is 0.772. The molecule has 5 nitrogen and oxygen atoms in total. The van der Waals surface area contributed by atoms with E-state index in [0.29, 0.717) is 11.3 Å². The molecule has 0 atom stereocenters. The molecule has 0 saturated heterocycles. The summed E-state index contributed by atoms with van der Waals surface area (Å²) < 4.78 is 15.2. The summed E-state index contributed by atoms with van der Waals surface area (Å²) in [6, 6.07) is 14.5. The average molecular weight is 342 g/mol. The van der Waals surface area contributed by atoms with E-state index in [2.05, 4.69) is 4.74 Å². The highest BCUT2D eigenvalue weighted by atomic mass is 16.6. The second-order valence-corrected chi connectivity index (χ2v) is 6.47. The minimum Gasteiger partial charge on any atom is -0.482 e. The van der Waals surface area contributed by atoms with Crippen LogP contribution in [0.4, 0.5) is 0 Å². The van der Waals surface area contributed by atoms with Gasteiger partial charge in [0.2, 0.25) is 0 Å². The van der Waals surface area contributed by atoms with Gasteiger partial charge in [-0.2, -0.15) is 0 Å². The maximum absolute atomic E-state index is 12.2. The van der Waals surface area contributed by atoms with Crippen LogP contribution in [0.5, 0.6) is 5.75 Å². The van der Waals surface area contributed by atoms with E-state index in [1.165, 1.54) is 7.11 Å². The lowest BCUT2D eigenvalue weighted by atomic mass is 10.0. The zero-order chi connectivity index (χ0) is 18.4. The standard InChI is InChI=1S/C20H22O5/c1-20(2,3)25-19(22)16-7-5-6-15(12-16)14-8-10-17(11-9-14)24-13-18(21)23-4/h5-12H,13H2,1-4H3. The van der Waals surface area contributed by atoms with Gasteiger partial charge in [-0.05, 0) is 56.2 Å². The zero-order valence-corrected chi connectivity index (χ0v) is 14.9. The van der Waals surface area contributed by atoms with Gasteiger partial charge in [-0.3, -0.25) is 0 Å². The topological polar surface area (TPSA) is 61.8 Å². The summed E-state index contributed by atoms with van der Waals surface area (Å²) in [5.74, 6) is -0.223. The maximum atomic E-state index is 12.2. The summed E-state index contributed by atoms with van der Waals surface area (Å²) >= 11 is 0. The fourth-order valence-corrected chi connectivity index (χ4v) is 2.11. The van der Waals surface area contributed by atoms with Crippen molar-refractivity contribution in [3.05, 3.63) is 54.1 Å². The Morgan fingerprint density at radius 2 is 1.64 bits per heavy atom. The molecule has 2 rings (SSSR count). The summed E-state index contributed by atoms with van der Waals surface area (Å²) in [4.78, 5) is 23.3. The molecule has 0 unspecified atom stereocenters. The van der Waals surface area contributed by atoms with Crippen molar-refractivity contribution in [2.45, 2.75) is 26.4 Å². The Labute approximate surface area is 147 Å². The van der Waals surface area contributed by atoms with Crippen LogP contribution in [0.1, 0.15) is 31.1 Å². The summed E-state index contributed by atoms with van der Waals surface area (Å²) in [7, 11) is 1.31. The first-order chi connectivity index (χ1) is 11.8. The number of benzene rings is 2. The van der Waals surface area contributed by atoms with Crippen LogP contribution < -0.4 is 4.74 Å². The molecule has 0 saturated carbocycles. The van der Waals surface area contributed by atoms with Crippen LogP contribution in [0.3, 0.4) is 0 Å². The minimum absolute atomic E-state index is 0.135. The van der Waals surface area contributed by atoms with E-state index in [4.69, 9.17) is 9.47 Å². The highest BCUT2D eigenvalue weighted by molar-refractivity contribution is 5.91. The van der Waals surface area contributed by atoms with Gasteiger partial charge in [0.05, 0.1) is 12.7 Å². The molecule has 0 aliphatic heterocycles. The van der Waals surface area contributed by atoms with Gasteiger partial charge in [-0.15, -0.1) is 0 Å². The smallest absolute Gasteiger partial charge is 0.343 e. The zero-order valence-electron chi connectivity index (χ0n) is 14.9. The van der Waals surface area contributed by atoms with E-state index in [0.717, 1.165) is 11.1 Å². The van der Waals surface area contributed by atoms with Crippen molar-refractivity contribution in [1.29, 1.82) is 0 Å². The monoisotopic (exact) mass is 342 g/mol. The van der Waals surface area contributed by atoms with E-state index >= 15 is 0 Å². The summed E-state index contributed by atoms with van der Waals surface area (Å²) in [5.41, 5.74) is 1.78. The van der Waals surface area contributed by atoms with E-state index in [9.17, 15) is 9.59 Å². The average Bonchev–Trinajstić information content (AvgIpc) is 2.58. The molecule has 0 aromatic heterocycles. The van der Waals surface area contributed by atoms with Crippen molar-refractivity contribution in [2.24, 2.45) is 0 Å². The fraction of sp³-hybridized carbons (Fsp3) is 0.300. The Morgan fingerprint density at radius 3 is 2.24 bits per heavy atom. The van der Waals surface area contributed by atoms with Crippen LogP contribution in [0.2, 0.25) is 0 Å². The number of carbonyl (C=O) groups excluding carboxylic acids is 2. The predicted molar refractivity (Wildman–Crippen MR) is 94.6 cm³/mol. The van der Waals surface area contributed by atoms with Gasteiger partial charge >= 0.3 is 11.9 Å². The maximum Gasteiger partial charge on any atom is 0.343 e. The van der Waals surface area contributed by atoms with Crippen molar-refractivity contribution in [2.75, 3.05) is 13.7 Å². The molecular formula is C20H22O5. The van der Waals surface area contributed by atoms with E-state index in [1.807, 2.05) is 45.0 Å². The van der Waals surface area contributed by atoms with Crippen molar-refractivity contribution in [3.63, 3.8) is 0 Å². The largest absolute Gasteiger partial charge is 0.482 e. The Morgan fingerprint density at radius 1 is 0.960 bits per heavy atom. The summed E-state index contributed by atoms with van der Waals surface area (Å²) in [5, 5.41) is 0. The van der Waals surface area contributed by atoms with E-state index in [-0.39, 0.29) is 12.6 Å². The molecule has 0 aliphatic rings. The van der Waals surface area contributed by atoms with Crippen LogP contribution in [0, 0.1) is 0 Å². The highest BCUT2D eigenvalue weighted by Gasteiger charge is 2.18. The van der Waals surface area contributed by atoms with E-state index in [1.54, 1.807) is 24.3 Å². The normalized spacial score (nSPS) is 10.9. The van der Waals surface area contributed by atoms with Crippen molar-refractivity contribution < 1.29 is 23.8 Å². The molecular weight excluding hydrogens is 320 g/mol. The molecule has 0 fully saturated rings. The number of methoxy groups -OCH3 is 1. The third-order valence-electron chi connectivity index (χ3n) is 3.27. The molecule has 0 heterocycles. The molecule has 0 bridgehead atoms. The molecule has 0 amide bonds. The number of esters is 2. The van der Waals surface area contributed by atoms with Gasteiger partial charge in [-0.25, -0.2) is 9.59 Å². The molecule has 2 aromatic carbocycles. The van der Waals surface area contributed by atoms with Crippen LogP contribution in [-0.2, 0) is 14.3 Å². The SMILES string of the molecule is COC(=O)COc1ccc(-c2cccc(C(=O)OC(C)(C)C)c2)cc1. The molecule has 2 aromatic rings. The summed E-state index contributed by atoms with van der Waals surface area (Å²) in [6.45, 7) is 5.37. The third-order valence-corrected chi connectivity index (χ3v) is 3.27.